The van der Waals surface area contributed by atoms with Crippen LogP contribution in [0, 0.1) is 93.2 Å². The number of aliphatic hydroxyl groups is 7. The Hall–Kier alpha value is -4.36. The molecular weight excluding hydrogens is 1120 g/mol. The summed E-state index contributed by atoms with van der Waals surface area (Å²) in [5, 5.41) is 105. The Bertz CT molecular complexity index is 3050. The number of aromatic amines is 1. The number of nitrogens with two attached hydrogens (primary N) is 2. The lowest BCUT2D eigenvalue weighted by atomic mass is 9.42. The highest BCUT2D eigenvalue weighted by Crippen LogP contribution is 2.74. The number of phenols is 1. The van der Waals surface area contributed by atoms with Gasteiger partial charge in [0.1, 0.15) is 11.8 Å². The average Bonchev–Trinajstić information content (AvgIpc) is 1.62. The van der Waals surface area contributed by atoms with E-state index in [2.05, 4.69) is 40.1 Å². The van der Waals surface area contributed by atoms with Crippen LogP contribution in [0.25, 0.3) is 0 Å². The Labute approximate surface area is 506 Å². The van der Waals surface area contributed by atoms with Crippen molar-refractivity contribution in [1.29, 1.82) is 0 Å². The van der Waals surface area contributed by atoms with Gasteiger partial charge in [-0.25, -0.2) is 0 Å². The third-order valence-electron chi connectivity index (χ3n) is 24.4. The summed E-state index contributed by atoms with van der Waals surface area (Å²) in [6.07, 6.45) is 9.17. The second-order valence-corrected chi connectivity index (χ2v) is 31.0. The van der Waals surface area contributed by atoms with E-state index in [1.54, 1.807) is 31.2 Å². The van der Waals surface area contributed by atoms with E-state index < -0.39 is 105 Å². The van der Waals surface area contributed by atoms with Crippen LogP contribution in [-0.2, 0) is 19.1 Å². The number of carbonyl (C=O) groups is 3. The minimum Gasteiger partial charge on any atom is -0.508 e. The summed E-state index contributed by atoms with van der Waals surface area (Å²) in [5.74, 6) is 1.30. The topological polar surface area (TPSA) is 314 Å². The van der Waals surface area contributed by atoms with Crippen LogP contribution in [-0.4, -0.2) is 142 Å². The van der Waals surface area contributed by atoms with E-state index in [0.29, 0.717) is 42.9 Å². The van der Waals surface area contributed by atoms with Crippen molar-refractivity contribution >= 4 is 45.1 Å². The summed E-state index contributed by atoms with van der Waals surface area (Å²) in [4.78, 5) is 53.0. The molecule has 1 aromatic heterocycles. The molecule has 2 saturated heterocycles. The summed E-state index contributed by atoms with van der Waals surface area (Å²) >= 11 is 0. The van der Waals surface area contributed by atoms with Gasteiger partial charge in [0.15, 0.2) is 17.5 Å². The maximum atomic E-state index is 16.3. The summed E-state index contributed by atoms with van der Waals surface area (Å²) in [6.45, 7) is 5.21. The van der Waals surface area contributed by atoms with Crippen molar-refractivity contribution in [3.05, 3.63) is 76.8 Å². The molecule has 5 saturated carbocycles. The van der Waals surface area contributed by atoms with Crippen molar-refractivity contribution in [2.45, 2.75) is 164 Å². The van der Waals surface area contributed by atoms with Crippen LogP contribution in [0.5, 0.6) is 5.75 Å². The molecule has 3 heterocycles. The first-order valence-corrected chi connectivity index (χ1v) is 33.9. The molecule has 2 aliphatic heterocycles. The van der Waals surface area contributed by atoms with Crippen molar-refractivity contribution < 1.29 is 60.0 Å². The fraction of sp³-hybridized carbons (Fsp3) is 0.697. The van der Waals surface area contributed by atoms with E-state index in [1.165, 1.54) is 27.2 Å². The molecule has 14 N–H and O–H groups in total. The van der Waals surface area contributed by atoms with Gasteiger partial charge in [-0.3, -0.25) is 19.4 Å². The summed E-state index contributed by atoms with van der Waals surface area (Å²) in [7, 11) is 2.97. The Morgan fingerprint density at radius 3 is 2.41 bits per heavy atom. The van der Waals surface area contributed by atoms with Gasteiger partial charge >= 0.3 is 5.97 Å². The lowest BCUT2D eigenvalue weighted by Crippen LogP contribution is -2.68. The van der Waals surface area contributed by atoms with E-state index in [9.17, 15) is 50.4 Å². The molecule has 462 valence electrons. The van der Waals surface area contributed by atoms with Crippen LogP contribution in [0.1, 0.15) is 140 Å². The number of H-pyrrole nitrogens is 1. The summed E-state index contributed by atoms with van der Waals surface area (Å²) < 4.78 is 6.01. The number of esters is 1. The normalized spacial score (nSPS) is 45.3. The number of cyclic esters (lactones) is 1. The molecule has 22 unspecified atom stereocenters. The van der Waals surface area contributed by atoms with Crippen molar-refractivity contribution in [2.75, 3.05) is 37.9 Å². The van der Waals surface area contributed by atoms with Crippen LogP contribution < -0.4 is 16.8 Å². The number of nitrogens with one attached hydrogen (secondary N) is 2. The number of fused-ring (bicyclic) bond motifs is 10. The predicted molar refractivity (Wildman–Crippen MR) is 324 cm³/mol. The van der Waals surface area contributed by atoms with Crippen LogP contribution in [0.4, 0.5) is 0 Å². The molecule has 2 aromatic rings. The number of aliphatic imine (C=N–C) groups is 1. The Morgan fingerprint density at radius 2 is 1.68 bits per heavy atom. The number of phenolic OH excluding ortho intramolecular Hbond substituents is 1. The van der Waals surface area contributed by atoms with Crippen LogP contribution >= 0.6 is 21.6 Å². The van der Waals surface area contributed by atoms with E-state index in [1.807, 2.05) is 25.4 Å². The predicted octanol–water partition coefficient (Wildman–Crippen LogP) is 5.75. The van der Waals surface area contributed by atoms with Crippen molar-refractivity contribution in [2.24, 2.45) is 97.8 Å². The lowest BCUT2D eigenvalue weighted by molar-refractivity contribution is -0.229. The number of ketones is 2. The molecule has 1 aromatic carbocycles. The van der Waals surface area contributed by atoms with Gasteiger partial charge in [-0.15, -0.1) is 5.92 Å². The number of nitrogens with zero attached hydrogens (tertiary/aromatic N) is 1. The molecule has 22 atom stereocenters. The van der Waals surface area contributed by atoms with Gasteiger partial charge in [0.25, 0.3) is 0 Å². The number of hydrogen-bond acceptors (Lipinski definition) is 16. The minimum atomic E-state index is -2.02. The number of aliphatic hydroxyl groups excluding tert-OH is 4. The fourth-order valence-corrected chi connectivity index (χ4v) is 23.3. The Morgan fingerprint density at radius 1 is 0.906 bits per heavy atom. The molecule has 8 aliphatic carbocycles. The van der Waals surface area contributed by atoms with Gasteiger partial charge in [-0.2, -0.15) is 0 Å². The number of carbonyl (C=O) groups excluding carboxylic acids is 3. The Kier molecular flexibility index (Phi) is 16.4. The zero-order valence-electron chi connectivity index (χ0n) is 49.3. The number of hydrogen-bond donors (Lipinski definition) is 12. The molecule has 85 heavy (non-hydrogen) atoms. The van der Waals surface area contributed by atoms with Crippen molar-refractivity contribution in [1.82, 2.24) is 10.3 Å². The largest absolute Gasteiger partial charge is 0.508 e. The molecule has 7 fully saturated rings. The van der Waals surface area contributed by atoms with E-state index in [4.69, 9.17) is 16.2 Å². The number of rotatable bonds is 8. The van der Waals surface area contributed by atoms with Gasteiger partial charge in [0.2, 0.25) is 0 Å². The first-order chi connectivity index (χ1) is 40.5. The zero-order valence-corrected chi connectivity index (χ0v) is 51.0. The number of Topliss-reactive ketones (excluding diaryl/α,β-unsaturated/α-hetero) is 2. The van der Waals surface area contributed by atoms with Gasteiger partial charge in [0.05, 0.1) is 53.8 Å². The number of guanidine groups is 1. The SMILES string of the molecule is CC1CCC2=CCC3C(CO)CC4(O)CCC3(CC(C3COC(=O)C3c3cc[nH]c3)C#CCC3CC5(O)C6=C7NC(CO)C(=O)CC(c8ccc(O)cc8)CSSCC8C(O)C(O)CC(C)(C6CCC5(CCN=C(N)N)C3C4(C)O)C8C7=O)C2C1. The van der Waals surface area contributed by atoms with Crippen LogP contribution in [0.15, 0.2) is 70.6 Å². The maximum Gasteiger partial charge on any atom is 0.313 e. The lowest BCUT2D eigenvalue weighted by Gasteiger charge is -2.64. The Balaban J connectivity index is 1.06. The zero-order chi connectivity index (χ0) is 60.2. The fourth-order valence-electron chi connectivity index (χ4n) is 20.5. The quantitative estimate of drug-likeness (QED) is 0.0374. The molecule has 19 heteroatoms. The molecule has 10 aliphatic rings. The monoisotopic (exact) mass is 1210 g/mol. The molecule has 0 amide bonds. The smallest absolute Gasteiger partial charge is 0.313 e. The number of benzene rings is 1. The molecule has 1 spiro atoms. The summed E-state index contributed by atoms with van der Waals surface area (Å²) in [5.41, 5.74) is 6.67. The first kappa shape index (κ1) is 60.9. The first-order valence-electron chi connectivity index (χ1n) is 31.4. The number of allylic oxidation sites excluding steroid dienone is 3. The number of aromatic nitrogens is 1. The van der Waals surface area contributed by atoms with Crippen LogP contribution in [0.2, 0.25) is 0 Å². The highest BCUT2D eigenvalue weighted by atomic mass is 33.1. The van der Waals surface area contributed by atoms with Crippen LogP contribution in [0.3, 0.4) is 0 Å². The molecular formula is C66H89N5O12S2. The number of ether oxygens (including phenoxy) is 1. The van der Waals surface area contributed by atoms with Crippen molar-refractivity contribution in [3.63, 3.8) is 0 Å². The van der Waals surface area contributed by atoms with Gasteiger partial charge in [-0.1, -0.05) is 65.1 Å². The van der Waals surface area contributed by atoms with Crippen molar-refractivity contribution in [3.8, 4) is 17.6 Å². The van der Waals surface area contributed by atoms with Gasteiger partial charge in [-0.05, 0) is 172 Å². The maximum absolute atomic E-state index is 16.3. The highest BCUT2D eigenvalue weighted by Gasteiger charge is 2.76. The van der Waals surface area contributed by atoms with E-state index >= 15 is 4.79 Å². The van der Waals surface area contributed by atoms with Gasteiger partial charge in [0, 0.05) is 90.8 Å². The summed E-state index contributed by atoms with van der Waals surface area (Å²) in [6, 6.07) is 7.26. The average molecular weight is 1210 g/mol. The molecule has 0 radical (unpaired) electrons. The third kappa shape index (κ3) is 9.86. The van der Waals surface area contributed by atoms with Gasteiger partial charge < -0.3 is 67.4 Å². The second-order valence-electron chi connectivity index (χ2n) is 28.4. The highest BCUT2D eigenvalue weighted by molar-refractivity contribution is 8.76. The van der Waals surface area contributed by atoms with E-state index in [-0.39, 0.29) is 136 Å². The molecule has 17 nitrogen and oxygen atoms in total. The minimum absolute atomic E-state index is 0.00203. The number of aromatic hydroxyl groups is 1. The molecule has 12 rings (SSSR count). The molecule has 4 bridgehead atoms. The standard InChI is InChI=1S/C66H89N5O12S2/c1-35-7-8-37-11-14-46-42(30-72)26-65(81)19-18-63(46,48(37)23-35)25-38(44-32-83-59(79)52(44)40-16-21-69-29-40)5-4-6-39-27-66(82)54-47(15-17-64(66,20-22-70-60(67)68)58(39)62(65,3)80)61(2)28-51(76)56(77)45-34-85-84-33-41(36-9-12-43(74)13-10-36)24-50(75)49(31-73)71-55(54)57(78)53(45)61/h9-13,16,21,29,35,38-39,41-42,44-49,51-53,56,58,69,71-74,76-77,80-82H,6-8,14-15,17-20,22-28,30-34H2,1-3H3,(H4,67,68,70). The third-order valence-corrected chi connectivity index (χ3v) is 26.9. The van der Waals surface area contributed by atoms with E-state index in [0.717, 1.165) is 30.4 Å². The second kappa shape index (κ2) is 22.9.